The lowest BCUT2D eigenvalue weighted by atomic mass is 9.88. The molecule has 0 aliphatic carbocycles. The normalized spacial score (nSPS) is 24.3. The van der Waals surface area contributed by atoms with E-state index in [1.807, 2.05) is 0 Å². The zero-order chi connectivity index (χ0) is 19.6. The average molecular weight is 381 g/mol. The molecule has 2 rings (SSSR count). The van der Waals surface area contributed by atoms with Gasteiger partial charge in [-0.05, 0) is 31.6 Å². The molecule has 0 aromatic heterocycles. The number of aliphatic imine (C=N–C) groups is 1. The molecule has 0 saturated carbocycles. The summed E-state index contributed by atoms with van der Waals surface area (Å²) in [5.41, 5.74) is 0. The second kappa shape index (κ2) is 11.5. The number of rotatable bonds is 8. The van der Waals surface area contributed by atoms with Gasteiger partial charge in [-0.3, -0.25) is 4.79 Å². The zero-order valence-corrected chi connectivity index (χ0v) is 17.9. The summed E-state index contributed by atoms with van der Waals surface area (Å²) < 4.78 is 5.95. The van der Waals surface area contributed by atoms with Gasteiger partial charge in [0.1, 0.15) is 6.54 Å². The maximum atomic E-state index is 12.0. The molecule has 0 aromatic rings. The molecule has 3 unspecified atom stereocenters. The molecule has 0 spiro atoms. The number of amides is 1. The van der Waals surface area contributed by atoms with E-state index >= 15 is 0 Å². The Morgan fingerprint density at radius 1 is 1.33 bits per heavy atom. The smallest absolute Gasteiger partial charge is 0.243 e. The minimum Gasteiger partial charge on any atom is -0.378 e. The second-order valence-corrected chi connectivity index (χ2v) is 8.27. The number of nitrogens with zero attached hydrogens (tertiary/aromatic N) is 3. The molecule has 0 radical (unpaired) electrons. The minimum atomic E-state index is 0.0446. The van der Waals surface area contributed by atoms with Crippen LogP contribution in [0.25, 0.3) is 0 Å². The fourth-order valence-electron chi connectivity index (χ4n) is 4.01. The van der Waals surface area contributed by atoms with Crippen molar-refractivity contribution < 1.29 is 9.53 Å². The van der Waals surface area contributed by atoms with E-state index < -0.39 is 0 Å². The zero-order valence-electron chi connectivity index (χ0n) is 17.9. The van der Waals surface area contributed by atoms with Crippen LogP contribution in [0.3, 0.4) is 0 Å². The molecule has 2 aliphatic rings. The molecule has 2 heterocycles. The molecule has 2 saturated heterocycles. The molecule has 0 aromatic carbocycles. The third-order valence-electron chi connectivity index (χ3n) is 5.97. The van der Waals surface area contributed by atoms with Crippen LogP contribution in [0.15, 0.2) is 4.99 Å². The van der Waals surface area contributed by atoms with Gasteiger partial charge in [0.15, 0.2) is 5.96 Å². The number of guanidine groups is 1. The van der Waals surface area contributed by atoms with Crippen molar-refractivity contribution in [2.45, 2.75) is 64.9 Å². The van der Waals surface area contributed by atoms with Crippen LogP contribution in [0.1, 0.15) is 58.8 Å². The molecule has 27 heavy (non-hydrogen) atoms. The lowest BCUT2D eigenvalue weighted by Crippen LogP contribution is -2.53. The lowest BCUT2D eigenvalue weighted by molar-refractivity contribution is -0.127. The summed E-state index contributed by atoms with van der Waals surface area (Å²) in [6, 6.07) is 0. The number of nitrogens with one attached hydrogen (secondary N) is 1. The summed E-state index contributed by atoms with van der Waals surface area (Å²) >= 11 is 0. The molecule has 156 valence electrons. The van der Waals surface area contributed by atoms with Gasteiger partial charge in [0.25, 0.3) is 0 Å². The maximum Gasteiger partial charge on any atom is 0.243 e. The maximum absolute atomic E-state index is 12.0. The topological polar surface area (TPSA) is 57.2 Å². The van der Waals surface area contributed by atoms with Crippen molar-refractivity contribution in [2.75, 3.05) is 46.9 Å². The first kappa shape index (κ1) is 22.0. The molecule has 6 nitrogen and oxygen atoms in total. The molecule has 1 amide bonds. The van der Waals surface area contributed by atoms with E-state index in [9.17, 15) is 4.79 Å². The third-order valence-corrected chi connectivity index (χ3v) is 5.97. The number of ether oxygens (including phenoxy) is 1. The molecular formula is C21H40N4O2. The molecule has 1 N–H and O–H groups in total. The molecule has 2 aliphatic heterocycles. The van der Waals surface area contributed by atoms with Crippen molar-refractivity contribution in [2.24, 2.45) is 16.8 Å². The predicted octanol–water partition coefficient (Wildman–Crippen LogP) is 2.74. The Morgan fingerprint density at radius 3 is 2.85 bits per heavy atom. The van der Waals surface area contributed by atoms with E-state index in [0.717, 1.165) is 45.0 Å². The van der Waals surface area contributed by atoms with Gasteiger partial charge < -0.3 is 19.9 Å². The van der Waals surface area contributed by atoms with E-state index in [2.05, 4.69) is 24.1 Å². The fraction of sp³-hybridized carbons (Fsp3) is 0.905. The number of hydrogen-bond donors (Lipinski definition) is 1. The van der Waals surface area contributed by atoms with Crippen molar-refractivity contribution >= 4 is 11.9 Å². The van der Waals surface area contributed by atoms with Gasteiger partial charge in [-0.2, -0.15) is 0 Å². The SMILES string of the molecule is CCCCC(CC)CNC(=NCC(=O)N(C)C)N1CCC2OCCCC2C1. The summed E-state index contributed by atoms with van der Waals surface area (Å²) in [5.74, 6) is 2.20. The summed E-state index contributed by atoms with van der Waals surface area (Å²) in [5, 5.41) is 3.60. The Labute approximate surface area is 165 Å². The highest BCUT2D eigenvalue weighted by atomic mass is 16.5. The monoisotopic (exact) mass is 380 g/mol. The molecule has 2 fully saturated rings. The number of carbonyl (C=O) groups is 1. The number of piperidine rings is 1. The highest BCUT2D eigenvalue weighted by Gasteiger charge is 2.33. The quantitative estimate of drug-likeness (QED) is 0.520. The summed E-state index contributed by atoms with van der Waals surface area (Å²) in [6.07, 6.45) is 8.80. The fourth-order valence-corrected chi connectivity index (χ4v) is 4.01. The Morgan fingerprint density at radius 2 is 2.15 bits per heavy atom. The largest absolute Gasteiger partial charge is 0.378 e. The Balaban J connectivity index is 2.00. The van der Waals surface area contributed by atoms with E-state index in [-0.39, 0.29) is 12.5 Å². The Kier molecular flexibility index (Phi) is 9.39. The highest BCUT2D eigenvalue weighted by Crippen LogP contribution is 2.28. The van der Waals surface area contributed by atoms with E-state index in [1.54, 1.807) is 19.0 Å². The summed E-state index contributed by atoms with van der Waals surface area (Å²) in [6.45, 7) is 8.50. The van der Waals surface area contributed by atoms with Crippen LogP contribution in [0.4, 0.5) is 0 Å². The highest BCUT2D eigenvalue weighted by molar-refractivity contribution is 5.85. The van der Waals surface area contributed by atoms with Crippen LogP contribution in [0.5, 0.6) is 0 Å². The third kappa shape index (κ3) is 6.98. The van der Waals surface area contributed by atoms with Gasteiger partial charge in [0.05, 0.1) is 6.10 Å². The summed E-state index contributed by atoms with van der Waals surface area (Å²) in [7, 11) is 3.57. The van der Waals surface area contributed by atoms with Crippen molar-refractivity contribution in [1.82, 2.24) is 15.1 Å². The number of unbranched alkanes of at least 4 members (excludes halogenated alkanes) is 1. The van der Waals surface area contributed by atoms with Crippen LogP contribution in [0, 0.1) is 11.8 Å². The first-order chi connectivity index (χ1) is 13.0. The number of likely N-dealkylation sites (tertiary alicyclic amines) is 1. The number of fused-ring (bicyclic) bond motifs is 1. The van der Waals surface area contributed by atoms with Crippen molar-refractivity contribution in [3.63, 3.8) is 0 Å². The number of hydrogen-bond acceptors (Lipinski definition) is 3. The van der Waals surface area contributed by atoms with Crippen LogP contribution in [-0.4, -0.2) is 74.7 Å². The van der Waals surface area contributed by atoms with Crippen molar-refractivity contribution in [3.05, 3.63) is 0 Å². The predicted molar refractivity (Wildman–Crippen MR) is 111 cm³/mol. The van der Waals surface area contributed by atoms with Crippen LogP contribution in [-0.2, 0) is 9.53 Å². The average Bonchev–Trinajstić information content (AvgIpc) is 2.69. The Bertz CT molecular complexity index is 481. The van der Waals surface area contributed by atoms with E-state index in [0.29, 0.717) is 17.9 Å². The minimum absolute atomic E-state index is 0.0446. The number of likely N-dealkylation sites (N-methyl/N-ethyl adjacent to an activating group) is 1. The molecule has 6 heteroatoms. The van der Waals surface area contributed by atoms with Crippen molar-refractivity contribution in [3.8, 4) is 0 Å². The number of carbonyl (C=O) groups excluding carboxylic acids is 1. The van der Waals surface area contributed by atoms with Crippen LogP contribution < -0.4 is 5.32 Å². The van der Waals surface area contributed by atoms with E-state index in [4.69, 9.17) is 9.73 Å². The van der Waals surface area contributed by atoms with Gasteiger partial charge in [-0.1, -0.05) is 33.1 Å². The second-order valence-electron chi connectivity index (χ2n) is 8.27. The summed E-state index contributed by atoms with van der Waals surface area (Å²) in [4.78, 5) is 20.7. The van der Waals surface area contributed by atoms with Gasteiger partial charge in [-0.25, -0.2) is 4.99 Å². The molecular weight excluding hydrogens is 340 g/mol. The molecule has 3 atom stereocenters. The Hall–Kier alpha value is -1.30. The standard InChI is InChI=1S/C21H40N4O2/c1-5-7-9-17(6-2)14-22-21(23-15-20(26)24(3)4)25-12-11-19-18(16-25)10-8-13-27-19/h17-19H,5-16H2,1-4H3,(H,22,23). The van der Waals surface area contributed by atoms with Gasteiger partial charge in [-0.15, -0.1) is 0 Å². The van der Waals surface area contributed by atoms with Gasteiger partial charge in [0.2, 0.25) is 5.91 Å². The molecule has 0 bridgehead atoms. The van der Waals surface area contributed by atoms with E-state index in [1.165, 1.54) is 32.1 Å². The lowest BCUT2D eigenvalue weighted by Gasteiger charge is -2.42. The van der Waals surface area contributed by atoms with Gasteiger partial charge in [0, 0.05) is 46.3 Å². The van der Waals surface area contributed by atoms with Crippen LogP contribution >= 0.6 is 0 Å². The first-order valence-electron chi connectivity index (χ1n) is 10.9. The van der Waals surface area contributed by atoms with Crippen molar-refractivity contribution in [1.29, 1.82) is 0 Å². The van der Waals surface area contributed by atoms with Crippen LogP contribution in [0.2, 0.25) is 0 Å². The van der Waals surface area contributed by atoms with Gasteiger partial charge >= 0.3 is 0 Å². The first-order valence-corrected chi connectivity index (χ1v) is 10.9.